The fourth-order valence-electron chi connectivity index (χ4n) is 1.94. The molecule has 84 valence electrons. The molecule has 0 radical (unpaired) electrons. The molecule has 1 fully saturated rings. The summed E-state index contributed by atoms with van der Waals surface area (Å²) >= 11 is 0. The molecule has 1 aliphatic rings. The van der Waals surface area contributed by atoms with Crippen molar-refractivity contribution in [2.75, 3.05) is 11.5 Å². The van der Waals surface area contributed by atoms with Gasteiger partial charge in [0.2, 0.25) is 0 Å². The van der Waals surface area contributed by atoms with Gasteiger partial charge in [-0.2, -0.15) is 0 Å². The van der Waals surface area contributed by atoms with Gasteiger partial charge in [0.15, 0.2) is 15.8 Å². The molecule has 6 heteroatoms. The lowest BCUT2D eigenvalue weighted by Crippen LogP contribution is -2.32. The smallest absolute Gasteiger partial charge is 0.200 e. The first-order chi connectivity index (χ1) is 7.09. The first-order valence-electron chi connectivity index (χ1n) is 5.08. The van der Waals surface area contributed by atoms with Crippen molar-refractivity contribution < 1.29 is 8.42 Å². The van der Waals surface area contributed by atoms with Crippen LogP contribution < -0.4 is 5.73 Å². The fraction of sp³-hybridized carbons (Fsp3) is 0.667. The standard InChI is InChI=1S/C9H15N3O2S/c10-9-11-4-5-12(9)7-8-3-1-2-6-15(8,13)14/h4-5,8H,1-3,6-7H2,(H2,10,11). The van der Waals surface area contributed by atoms with E-state index in [-0.39, 0.29) is 5.25 Å². The van der Waals surface area contributed by atoms with Crippen molar-refractivity contribution in [3.63, 3.8) is 0 Å². The van der Waals surface area contributed by atoms with Crippen LogP contribution in [-0.4, -0.2) is 29.0 Å². The van der Waals surface area contributed by atoms with Crippen LogP contribution in [0.3, 0.4) is 0 Å². The summed E-state index contributed by atoms with van der Waals surface area (Å²) in [6, 6.07) is 0. The first kappa shape index (κ1) is 10.5. The van der Waals surface area contributed by atoms with Crippen LogP contribution in [0.5, 0.6) is 0 Å². The molecule has 1 atom stereocenters. The van der Waals surface area contributed by atoms with Gasteiger partial charge < -0.3 is 10.3 Å². The van der Waals surface area contributed by atoms with Gasteiger partial charge in [0.05, 0.1) is 11.0 Å². The van der Waals surface area contributed by atoms with Crippen molar-refractivity contribution in [1.82, 2.24) is 9.55 Å². The maximum absolute atomic E-state index is 11.7. The third-order valence-electron chi connectivity index (χ3n) is 2.86. The summed E-state index contributed by atoms with van der Waals surface area (Å²) in [7, 11) is -2.92. The Morgan fingerprint density at radius 3 is 2.93 bits per heavy atom. The molecule has 0 bridgehead atoms. The van der Waals surface area contributed by atoms with Gasteiger partial charge in [0, 0.05) is 18.9 Å². The first-order valence-corrected chi connectivity index (χ1v) is 6.79. The highest BCUT2D eigenvalue weighted by molar-refractivity contribution is 7.92. The van der Waals surface area contributed by atoms with Crippen LogP contribution in [-0.2, 0) is 16.4 Å². The van der Waals surface area contributed by atoms with Crippen LogP contribution in [0.4, 0.5) is 5.95 Å². The van der Waals surface area contributed by atoms with E-state index in [0.29, 0.717) is 18.2 Å². The minimum atomic E-state index is -2.92. The van der Waals surface area contributed by atoms with E-state index in [9.17, 15) is 8.42 Å². The fourth-order valence-corrected chi connectivity index (χ4v) is 3.79. The van der Waals surface area contributed by atoms with Gasteiger partial charge in [-0.1, -0.05) is 6.42 Å². The topological polar surface area (TPSA) is 78.0 Å². The molecular weight excluding hydrogens is 214 g/mol. The normalized spacial score (nSPS) is 25.2. The van der Waals surface area contributed by atoms with Gasteiger partial charge in [0.1, 0.15) is 0 Å². The molecule has 1 unspecified atom stereocenters. The molecule has 1 aliphatic heterocycles. The molecule has 0 aliphatic carbocycles. The number of sulfone groups is 1. The van der Waals surface area contributed by atoms with Gasteiger partial charge >= 0.3 is 0 Å². The number of nitrogen functional groups attached to an aromatic ring is 1. The molecule has 15 heavy (non-hydrogen) atoms. The summed E-state index contributed by atoms with van der Waals surface area (Å²) in [5, 5.41) is -0.289. The number of rotatable bonds is 2. The maximum atomic E-state index is 11.7. The van der Waals surface area contributed by atoms with Gasteiger partial charge in [0.25, 0.3) is 0 Å². The minimum Gasteiger partial charge on any atom is -0.369 e. The predicted octanol–water partition coefficient (Wildman–Crippen LogP) is 0.433. The number of nitrogens with two attached hydrogens (primary N) is 1. The van der Waals surface area contributed by atoms with Crippen molar-refractivity contribution in [2.24, 2.45) is 0 Å². The molecule has 1 saturated heterocycles. The lowest BCUT2D eigenvalue weighted by molar-refractivity contribution is 0.510. The van der Waals surface area contributed by atoms with Crippen LogP contribution in [0.2, 0.25) is 0 Å². The molecule has 2 N–H and O–H groups in total. The number of nitrogens with zero attached hydrogens (tertiary/aromatic N) is 2. The van der Waals surface area contributed by atoms with E-state index in [1.165, 1.54) is 0 Å². The van der Waals surface area contributed by atoms with Crippen LogP contribution in [0.1, 0.15) is 19.3 Å². The zero-order valence-corrected chi connectivity index (χ0v) is 9.28. The Hall–Kier alpha value is -1.04. The largest absolute Gasteiger partial charge is 0.369 e. The number of imidazole rings is 1. The van der Waals surface area contributed by atoms with E-state index in [0.717, 1.165) is 19.3 Å². The second kappa shape index (κ2) is 3.84. The minimum absolute atomic E-state index is 0.289. The zero-order valence-electron chi connectivity index (χ0n) is 8.46. The quantitative estimate of drug-likeness (QED) is 0.797. The zero-order chi connectivity index (χ0) is 10.9. The van der Waals surface area contributed by atoms with Crippen molar-refractivity contribution in [2.45, 2.75) is 31.1 Å². The van der Waals surface area contributed by atoms with E-state index < -0.39 is 9.84 Å². The molecule has 1 aromatic heterocycles. The maximum Gasteiger partial charge on any atom is 0.200 e. The lowest BCUT2D eigenvalue weighted by Gasteiger charge is -2.22. The molecule has 0 spiro atoms. The Balaban J connectivity index is 2.15. The van der Waals surface area contributed by atoms with Crippen molar-refractivity contribution in [3.8, 4) is 0 Å². The Labute approximate surface area is 89.2 Å². The summed E-state index contributed by atoms with van der Waals surface area (Å²) in [5.41, 5.74) is 5.60. The van der Waals surface area contributed by atoms with Crippen LogP contribution >= 0.6 is 0 Å². The Bertz CT molecular complexity index is 438. The SMILES string of the molecule is Nc1nccn1CC1CCCCS1(=O)=O. The average Bonchev–Trinajstić information content (AvgIpc) is 2.56. The van der Waals surface area contributed by atoms with E-state index in [1.54, 1.807) is 17.0 Å². The number of anilines is 1. The molecule has 2 heterocycles. The molecule has 0 saturated carbocycles. The Morgan fingerprint density at radius 1 is 1.53 bits per heavy atom. The second-order valence-electron chi connectivity index (χ2n) is 3.92. The highest BCUT2D eigenvalue weighted by Gasteiger charge is 2.29. The third kappa shape index (κ3) is 2.14. The summed E-state index contributed by atoms with van der Waals surface area (Å²) in [5.74, 6) is 0.697. The summed E-state index contributed by atoms with van der Waals surface area (Å²) in [6.07, 6.45) is 5.82. The monoisotopic (exact) mass is 229 g/mol. The number of aromatic nitrogens is 2. The molecule has 0 amide bonds. The van der Waals surface area contributed by atoms with Crippen molar-refractivity contribution in [1.29, 1.82) is 0 Å². The summed E-state index contributed by atoms with van der Waals surface area (Å²) < 4.78 is 25.2. The Morgan fingerprint density at radius 2 is 2.33 bits per heavy atom. The molecule has 0 aromatic carbocycles. The van der Waals surface area contributed by atoms with Crippen molar-refractivity contribution >= 4 is 15.8 Å². The number of hydrogen-bond donors (Lipinski definition) is 1. The van der Waals surface area contributed by atoms with Gasteiger partial charge in [-0.05, 0) is 12.8 Å². The van der Waals surface area contributed by atoms with Crippen molar-refractivity contribution in [3.05, 3.63) is 12.4 Å². The third-order valence-corrected chi connectivity index (χ3v) is 5.12. The Kier molecular flexibility index (Phi) is 2.68. The average molecular weight is 229 g/mol. The van der Waals surface area contributed by atoms with E-state index >= 15 is 0 Å². The number of hydrogen-bond acceptors (Lipinski definition) is 4. The highest BCUT2D eigenvalue weighted by Crippen LogP contribution is 2.21. The molecule has 1 aromatic rings. The second-order valence-corrected chi connectivity index (χ2v) is 6.32. The molecule has 5 nitrogen and oxygen atoms in total. The van der Waals surface area contributed by atoms with Crippen LogP contribution in [0.25, 0.3) is 0 Å². The van der Waals surface area contributed by atoms with Gasteiger partial charge in [-0.15, -0.1) is 0 Å². The lowest BCUT2D eigenvalue weighted by atomic mass is 10.2. The van der Waals surface area contributed by atoms with Crippen LogP contribution in [0.15, 0.2) is 12.4 Å². The van der Waals surface area contributed by atoms with Crippen LogP contribution in [0, 0.1) is 0 Å². The highest BCUT2D eigenvalue weighted by atomic mass is 32.2. The van der Waals surface area contributed by atoms with E-state index in [4.69, 9.17) is 5.73 Å². The van der Waals surface area contributed by atoms with E-state index in [2.05, 4.69) is 4.98 Å². The predicted molar refractivity (Wildman–Crippen MR) is 58.1 cm³/mol. The van der Waals surface area contributed by atoms with E-state index in [1.807, 2.05) is 0 Å². The summed E-state index contributed by atoms with van der Waals surface area (Å²) in [4.78, 5) is 3.88. The van der Waals surface area contributed by atoms with Gasteiger partial charge in [-0.25, -0.2) is 13.4 Å². The summed E-state index contributed by atoms with van der Waals surface area (Å²) in [6.45, 7) is 0.439. The molecular formula is C9H15N3O2S. The van der Waals surface area contributed by atoms with Gasteiger partial charge in [-0.3, -0.25) is 0 Å². The molecule has 2 rings (SSSR count).